The van der Waals surface area contributed by atoms with E-state index in [1.807, 2.05) is 13.0 Å². The summed E-state index contributed by atoms with van der Waals surface area (Å²) < 4.78 is 0. The Kier molecular flexibility index (Phi) is 4.77. The van der Waals surface area contributed by atoms with Gasteiger partial charge in [-0.1, -0.05) is 0 Å². The van der Waals surface area contributed by atoms with Crippen molar-refractivity contribution in [2.24, 2.45) is 0 Å². The van der Waals surface area contributed by atoms with E-state index in [0.29, 0.717) is 18.7 Å². The standard InChI is InChI=1S/C16H21N5O2S/c1-12-6-14(18-10-17-12)21-5-3-4-16(23,9-21)8-20(2)15(22)13-7-24-11-19-13/h6-7,10-11,23H,3-5,8-9H2,1-2H3/t16-/m0/s1. The van der Waals surface area contributed by atoms with E-state index < -0.39 is 5.60 Å². The Morgan fingerprint density at radius 2 is 2.29 bits per heavy atom. The molecule has 1 atom stereocenters. The Morgan fingerprint density at radius 3 is 3.00 bits per heavy atom. The van der Waals surface area contributed by atoms with Crippen LogP contribution in [0, 0.1) is 6.92 Å². The van der Waals surface area contributed by atoms with E-state index in [1.54, 1.807) is 22.8 Å². The second kappa shape index (κ2) is 6.82. The molecular weight excluding hydrogens is 326 g/mol. The molecule has 0 aromatic carbocycles. The van der Waals surface area contributed by atoms with Crippen molar-refractivity contribution in [3.05, 3.63) is 34.7 Å². The lowest BCUT2D eigenvalue weighted by molar-refractivity contribution is -0.000264. The number of rotatable bonds is 4. The van der Waals surface area contributed by atoms with Crippen LogP contribution in [0.25, 0.3) is 0 Å². The van der Waals surface area contributed by atoms with E-state index in [0.717, 1.165) is 24.5 Å². The van der Waals surface area contributed by atoms with Gasteiger partial charge < -0.3 is 14.9 Å². The van der Waals surface area contributed by atoms with Gasteiger partial charge in [0.2, 0.25) is 0 Å². The number of β-amino-alcohol motifs (C(OH)–C–C–N with tert-alkyl or cyclic N) is 1. The summed E-state index contributed by atoms with van der Waals surface area (Å²) >= 11 is 1.39. The highest BCUT2D eigenvalue weighted by Crippen LogP contribution is 2.26. The number of hydrogen-bond donors (Lipinski definition) is 1. The number of carbonyl (C=O) groups is 1. The predicted molar refractivity (Wildman–Crippen MR) is 92.2 cm³/mol. The Bertz CT molecular complexity index is 708. The fraction of sp³-hybridized carbons (Fsp3) is 0.500. The number of hydrogen-bond acceptors (Lipinski definition) is 7. The molecule has 1 saturated heterocycles. The lowest BCUT2D eigenvalue weighted by atomic mass is 9.92. The average molecular weight is 347 g/mol. The fourth-order valence-electron chi connectivity index (χ4n) is 3.08. The van der Waals surface area contributed by atoms with Crippen molar-refractivity contribution in [1.82, 2.24) is 19.9 Å². The highest BCUT2D eigenvalue weighted by molar-refractivity contribution is 7.07. The van der Waals surface area contributed by atoms with Crippen molar-refractivity contribution < 1.29 is 9.90 Å². The Morgan fingerprint density at radius 1 is 1.46 bits per heavy atom. The molecule has 1 aliphatic rings. The van der Waals surface area contributed by atoms with E-state index in [-0.39, 0.29) is 12.5 Å². The monoisotopic (exact) mass is 347 g/mol. The number of amides is 1. The molecular formula is C16H21N5O2S. The molecule has 7 nitrogen and oxygen atoms in total. The molecule has 1 fully saturated rings. The van der Waals surface area contributed by atoms with Crippen LogP contribution in [-0.2, 0) is 0 Å². The van der Waals surface area contributed by atoms with E-state index in [1.165, 1.54) is 17.7 Å². The van der Waals surface area contributed by atoms with Gasteiger partial charge in [0, 0.05) is 37.3 Å². The van der Waals surface area contributed by atoms with Crippen molar-refractivity contribution in [2.75, 3.05) is 31.6 Å². The molecule has 0 aliphatic carbocycles. The largest absolute Gasteiger partial charge is 0.386 e. The van der Waals surface area contributed by atoms with Crippen molar-refractivity contribution in [3.63, 3.8) is 0 Å². The highest BCUT2D eigenvalue weighted by Gasteiger charge is 2.36. The first-order valence-corrected chi connectivity index (χ1v) is 8.81. The summed E-state index contributed by atoms with van der Waals surface area (Å²) in [6.07, 6.45) is 3.04. The van der Waals surface area contributed by atoms with E-state index in [2.05, 4.69) is 19.9 Å². The summed E-state index contributed by atoms with van der Waals surface area (Å²) in [6, 6.07) is 1.91. The first kappa shape index (κ1) is 16.8. The molecule has 0 radical (unpaired) electrons. The maximum Gasteiger partial charge on any atom is 0.273 e. The lowest BCUT2D eigenvalue weighted by Crippen LogP contribution is -2.55. The van der Waals surface area contributed by atoms with Gasteiger partial charge in [-0.2, -0.15) is 0 Å². The number of likely N-dealkylation sites (N-methyl/N-ethyl adjacent to an activating group) is 1. The van der Waals surface area contributed by atoms with E-state index in [9.17, 15) is 9.90 Å². The first-order chi connectivity index (χ1) is 11.5. The van der Waals surface area contributed by atoms with Crippen LogP contribution >= 0.6 is 11.3 Å². The molecule has 3 rings (SSSR count). The Balaban J connectivity index is 1.69. The van der Waals surface area contributed by atoms with Crippen LogP contribution in [0.5, 0.6) is 0 Å². The summed E-state index contributed by atoms with van der Waals surface area (Å²) in [5.74, 6) is 0.647. The molecule has 0 bridgehead atoms. The van der Waals surface area contributed by atoms with Crippen molar-refractivity contribution >= 4 is 23.1 Å². The third-order valence-electron chi connectivity index (χ3n) is 4.20. The Labute approximate surface area is 145 Å². The van der Waals surface area contributed by atoms with Crippen LogP contribution in [0.15, 0.2) is 23.3 Å². The van der Waals surface area contributed by atoms with E-state index >= 15 is 0 Å². The summed E-state index contributed by atoms with van der Waals surface area (Å²) in [6.45, 7) is 3.46. The molecule has 1 N–H and O–H groups in total. The van der Waals surface area contributed by atoms with Crippen LogP contribution in [-0.4, -0.2) is 63.1 Å². The zero-order valence-electron chi connectivity index (χ0n) is 13.8. The van der Waals surface area contributed by atoms with Crippen LogP contribution in [0.2, 0.25) is 0 Å². The molecule has 1 amide bonds. The van der Waals surface area contributed by atoms with E-state index in [4.69, 9.17) is 0 Å². The Hall–Kier alpha value is -2.06. The summed E-state index contributed by atoms with van der Waals surface area (Å²) in [5, 5.41) is 12.7. The minimum Gasteiger partial charge on any atom is -0.386 e. The number of aryl methyl sites for hydroxylation is 1. The first-order valence-electron chi connectivity index (χ1n) is 7.86. The second-order valence-electron chi connectivity index (χ2n) is 6.30. The topological polar surface area (TPSA) is 82.5 Å². The van der Waals surface area contributed by atoms with Crippen LogP contribution in [0.3, 0.4) is 0 Å². The number of aromatic nitrogens is 3. The number of thiazole rings is 1. The quantitative estimate of drug-likeness (QED) is 0.899. The van der Waals surface area contributed by atoms with Gasteiger partial charge in [-0.05, 0) is 19.8 Å². The molecule has 3 heterocycles. The van der Waals surface area contributed by atoms with Gasteiger partial charge in [0.1, 0.15) is 17.8 Å². The number of carbonyl (C=O) groups excluding carboxylic acids is 1. The minimum atomic E-state index is -0.961. The number of aliphatic hydroxyl groups is 1. The lowest BCUT2D eigenvalue weighted by Gasteiger charge is -2.41. The molecule has 2 aromatic rings. The van der Waals surface area contributed by atoms with Gasteiger partial charge in [0.25, 0.3) is 5.91 Å². The minimum absolute atomic E-state index is 0.167. The molecule has 24 heavy (non-hydrogen) atoms. The van der Waals surface area contributed by atoms with Crippen molar-refractivity contribution in [3.8, 4) is 0 Å². The summed E-state index contributed by atoms with van der Waals surface area (Å²) in [4.78, 5) is 28.4. The normalized spacial score (nSPS) is 20.9. The van der Waals surface area contributed by atoms with Gasteiger partial charge in [-0.3, -0.25) is 4.79 Å². The van der Waals surface area contributed by atoms with Gasteiger partial charge in [-0.15, -0.1) is 11.3 Å². The third kappa shape index (κ3) is 3.70. The highest BCUT2D eigenvalue weighted by atomic mass is 32.1. The molecule has 0 saturated carbocycles. The van der Waals surface area contributed by atoms with Gasteiger partial charge in [0.05, 0.1) is 17.7 Å². The molecule has 1 aliphatic heterocycles. The summed E-state index contributed by atoms with van der Waals surface area (Å²) in [7, 11) is 1.70. The third-order valence-corrected chi connectivity index (χ3v) is 4.78. The number of nitrogens with zero attached hydrogens (tertiary/aromatic N) is 5. The van der Waals surface area contributed by atoms with Crippen LogP contribution in [0.1, 0.15) is 29.0 Å². The summed E-state index contributed by atoms with van der Waals surface area (Å²) in [5.41, 5.74) is 1.99. The van der Waals surface area contributed by atoms with Gasteiger partial charge in [-0.25, -0.2) is 15.0 Å². The van der Waals surface area contributed by atoms with Gasteiger partial charge in [0.15, 0.2) is 0 Å². The molecule has 128 valence electrons. The zero-order chi connectivity index (χ0) is 17.2. The molecule has 2 aromatic heterocycles. The van der Waals surface area contributed by atoms with Crippen LogP contribution in [0.4, 0.5) is 5.82 Å². The smallest absolute Gasteiger partial charge is 0.273 e. The number of piperidine rings is 1. The average Bonchev–Trinajstić information content (AvgIpc) is 3.08. The van der Waals surface area contributed by atoms with Crippen molar-refractivity contribution in [1.29, 1.82) is 0 Å². The SMILES string of the molecule is Cc1cc(N2CCC[C@](O)(CN(C)C(=O)c3cscn3)C2)ncn1. The fourth-order valence-corrected chi connectivity index (χ4v) is 3.60. The van der Waals surface area contributed by atoms with Gasteiger partial charge >= 0.3 is 0 Å². The maximum absolute atomic E-state index is 12.3. The predicted octanol–water partition coefficient (Wildman–Crippen LogP) is 1.35. The molecule has 8 heteroatoms. The van der Waals surface area contributed by atoms with Crippen LogP contribution < -0.4 is 4.90 Å². The maximum atomic E-state index is 12.3. The second-order valence-corrected chi connectivity index (χ2v) is 7.02. The van der Waals surface area contributed by atoms with Crippen molar-refractivity contribution in [2.45, 2.75) is 25.4 Å². The molecule has 0 unspecified atom stereocenters. The molecule has 0 spiro atoms. The number of anilines is 1. The zero-order valence-corrected chi connectivity index (χ0v) is 14.7.